The summed E-state index contributed by atoms with van der Waals surface area (Å²) in [6, 6.07) is 1.94. The van der Waals surface area contributed by atoms with Crippen LogP contribution < -0.4 is 0 Å². The zero-order chi connectivity index (χ0) is 9.68. The van der Waals surface area contributed by atoms with Gasteiger partial charge in [0.15, 0.2) is 0 Å². The molecule has 0 spiro atoms. The molecule has 2 heteroatoms. The van der Waals surface area contributed by atoms with E-state index in [9.17, 15) is 5.11 Å². The maximum absolute atomic E-state index is 9.79. The Labute approximate surface area is 79.6 Å². The molecule has 1 N–H and O–H groups in total. The lowest BCUT2D eigenvalue weighted by Crippen LogP contribution is -2.00. The van der Waals surface area contributed by atoms with Gasteiger partial charge in [0.1, 0.15) is 0 Å². The second-order valence-electron chi connectivity index (χ2n) is 3.39. The lowest BCUT2D eigenvalue weighted by Gasteiger charge is -2.11. The molecule has 0 bridgehead atoms. The Hall–Kier alpha value is -0.890. The van der Waals surface area contributed by atoms with E-state index in [1.54, 1.807) is 12.4 Å². The molecule has 2 nitrogen and oxygen atoms in total. The third kappa shape index (κ3) is 2.81. The van der Waals surface area contributed by atoms with E-state index >= 15 is 0 Å². The second kappa shape index (κ2) is 4.97. The highest BCUT2D eigenvalue weighted by Gasteiger charge is 2.08. The topological polar surface area (TPSA) is 33.1 Å². The maximum atomic E-state index is 9.79. The largest absolute Gasteiger partial charge is 0.388 e. The first-order chi connectivity index (χ1) is 6.25. The summed E-state index contributed by atoms with van der Waals surface area (Å²) in [4.78, 5) is 4.01. The highest BCUT2D eigenvalue weighted by Crippen LogP contribution is 2.20. The van der Waals surface area contributed by atoms with Crippen molar-refractivity contribution in [3.63, 3.8) is 0 Å². The molecular weight excluding hydrogens is 162 g/mol. The Balaban J connectivity index is 2.65. The minimum absolute atomic E-state index is 0.339. The molecular formula is C11H17NO. The molecule has 0 aliphatic heterocycles. The Bertz CT molecular complexity index is 260. The van der Waals surface area contributed by atoms with Gasteiger partial charge in [-0.15, -0.1) is 0 Å². The summed E-state index contributed by atoms with van der Waals surface area (Å²) in [6.07, 6.45) is 6.20. The van der Waals surface area contributed by atoms with E-state index in [0.29, 0.717) is 0 Å². The van der Waals surface area contributed by atoms with Crippen molar-refractivity contribution in [3.8, 4) is 0 Å². The van der Waals surface area contributed by atoms with Crippen LogP contribution in [-0.4, -0.2) is 10.1 Å². The van der Waals surface area contributed by atoms with Crippen molar-refractivity contribution in [1.29, 1.82) is 0 Å². The van der Waals surface area contributed by atoms with Crippen molar-refractivity contribution in [2.45, 2.75) is 39.2 Å². The molecule has 0 aromatic carbocycles. The second-order valence-corrected chi connectivity index (χ2v) is 3.39. The lowest BCUT2D eigenvalue weighted by molar-refractivity contribution is 0.163. The molecule has 1 rings (SSSR count). The van der Waals surface area contributed by atoms with Gasteiger partial charge in [-0.3, -0.25) is 4.98 Å². The molecule has 1 unspecified atom stereocenters. The minimum atomic E-state index is -0.339. The molecule has 1 heterocycles. The van der Waals surface area contributed by atoms with Gasteiger partial charge in [-0.05, 0) is 25.0 Å². The van der Waals surface area contributed by atoms with Gasteiger partial charge in [-0.25, -0.2) is 0 Å². The van der Waals surface area contributed by atoms with Crippen LogP contribution in [-0.2, 0) is 0 Å². The number of nitrogens with zero attached hydrogens (tertiary/aromatic N) is 1. The third-order valence-electron chi connectivity index (χ3n) is 2.27. The van der Waals surface area contributed by atoms with E-state index in [1.807, 2.05) is 13.0 Å². The number of hydrogen-bond donors (Lipinski definition) is 1. The fourth-order valence-corrected chi connectivity index (χ4v) is 1.38. The fourth-order valence-electron chi connectivity index (χ4n) is 1.38. The number of rotatable bonds is 4. The number of unbranched alkanes of at least 4 members (excludes halogenated alkanes) is 1. The van der Waals surface area contributed by atoms with E-state index in [2.05, 4.69) is 11.9 Å². The molecule has 13 heavy (non-hydrogen) atoms. The van der Waals surface area contributed by atoms with Crippen LogP contribution in [0.4, 0.5) is 0 Å². The van der Waals surface area contributed by atoms with Crippen molar-refractivity contribution < 1.29 is 5.11 Å². The van der Waals surface area contributed by atoms with Gasteiger partial charge in [-0.2, -0.15) is 0 Å². The van der Waals surface area contributed by atoms with Crippen molar-refractivity contribution in [2.75, 3.05) is 0 Å². The number of pyridine rings is 1. The summed E-state index contributed by atoms with van der Waals surface area (Å²) in [6.45, 7) is 4.13. The van der Waals surface area contributed by atoms with Crippen LogP contribution in [0.1, 0.15) is 43.4 Å². The summed E-state index contributed by atoms with van der Waals surface area (Å²) in [5.74, 6) is 0. The van der Waals surface area contributed by atoms with Gasteiger partial charge in [-0.1, -0.05) is 19.8 Å². The Morgan fingerprint density at radius 1 is 1.54 bits per heavy atom. The maximum Gasteiger partial charge on any atom is 0.0807 e. The summed E-state index contributed by atoms with van der Waals surface area (Å²) in [7, 11) is 0. The molecule has 0 aliphatic carbocycles. The van der Waals surface area contributed by atoms with Crippen LogP contribution in [0.3, 0.4) is 0 Å². The van der Waals surface area contributed by atoms with Gasteiger partial charge >= 0.3 is 0 Å². The van der Waals surface area contributed by atoms with E-state index in [1.165, 1.54) is 0 Å². The summed E-state index contributed by atoms with van der Waals surface area (Å²) < 4.78 is 0. The molecule has 72 valence electrons. The first-order valence-corrected chi connectivity index (χ1v) is 4.84. The quantitative estimate of drug-likeness (QED) is 0.770. The average molecular weight is 179 g/mol. The number of hydrogen-bond acceptors (Lipinski definition) is 2. The van der Waals surface area contributed by atoms with Crippen molar-refractivity contribution in [2.24, 2.45) is 0 Å². The minimum Gasteiger partial charge on any atom is -0.388 e. The number of aryl methyl sites for hydroxylation is 1. The normalized spacial score (nSPS) is 12.8. The van der Waals surface area contributed by atoms with Gasteiger partial charge < -0.3 is 5.11 Å². The van der Waals surface area contributed by atoms with E-state index in [0.717, 1.165) is 30.4 Å². The van der Waals surface area contributed by atoms with Gasteiger partial charge in [0.2, 0.25) is 0 Å². The zero-order valence-electron chi connectivity index (χ0n) is 8.33. The summed E-state index contributed by atoms with van der Waals surface area (Å²) in [5.41, 5.74) is 2.09. The number of aliphatic hydroxyl groups excluding tert-OH is 1. The van der Waals surface area contributed by atoms with Gasteiger partial charge in [0.25, 0.3) is 0 Å². The van der Waals surface area contributed by atoms with Crippen LogP contribution in [0, 0.1) is 6.92 Å². The first kappa shape index (κ1) is 10.2. The highest BCUT2D eigenvalue weighted by atomic mass is 16.3. The van der Waals surface area contributed by atoms with Crippen LogP contribution >= 0.6 is 0 Å². The molecule has 0 radical (unpaired) electrons. The van der Waals surface area contributed by atoms with Gasteiger partial charge in [0, 0.05) is 18.0 Å². The highest BCUT2D eigenvalue weighted by molar-refractivity contribution is 5.23. The molecule has 1 aromatic rings. The zero-order valence-corrected chi connectivity index (χ0v) is 8.33. The van der Waals surface area contributed by atoms with Crippen molar-refractivity contribution >= 4 is 0 Å². The SMILES string of the molecule is CCCCC(O)c1cnccc1C. The predicted molar refractivity (Wildman–Crippen MR) is 53.5 cm³/mol. The first-order valence-electron chi connectivity index (χ1n) is 4.84. The monoisotopic (exact) mass is 179 g/mol. The molecule has 0 amide bonds. The Morgan fingerprint density at radius 2 is 2.31 bits per heavy atom. The van der Waals surface area contributed by atoms with E-state index in [4.69, 9.17) is 0 Å². The summed E-state index contributed by atoms with van der Waals surface area (Å²) >= 11 is 0. The molecule has 0 fully saturated rings. The molecule has 0 saturated heterocycles. The Morgan fingerprint density at radius 3 is 2.92 bits per heavy atom. The van der Waals surface area contributed by atoms with Crippen LogP contribution in [0.25, 0.3) is 0 Å². The summed E-state index contributed by atoms with van der Waals surface area (Å²) in [5, 5.41) is 9.79. The Kier molecular flexibility index (Phi) is 3.90. The fraction of sp³-hybridized carbons (Fsp3) is 0.545. The lowest BCUT2D eigenvalue weighted by atomic mass is 10.0. The molecule has 0 saturated carbocycles. The van der Waals surface area contributed by atoms with Crippen LogP contribution in [0.2, 0.25) is 0 Å². The standard InChI is InChI=1S/C11H17NO/c1-3-4-5-11(13)10-8-12-7-6-9(10)2/h6-8,11,13H,3-5H2,1-2H3. The predicted octanol–water partition coefficient (Wildman–Crippen LogP) is 2.61. The number of aliphatic hydroxyl groups is 1. The third-order valence-corrected chi connectivity index (χ3v) is 2.27. The smallest absolute Gasteiger partial charge is 0.0807 e. The van der Waals surface area contributed by atoms with E-state index in [-0.39, 0.29) is 6.10 Å². The van der Waals surface area contributed by atoms with Crippen molar-refractivity contribution in [1.82, 2.24) is 4.98 Å². The van der Waals surface area contributed by atoms with Gasteiger partial charge in [0.05, 0.1) is 6.10 Å². The molecule has 0 aliphatic rings. The van der Waals surface area contributed by atoms with Crippen molar-refractivity contribution in [3.05, 3.63) is 29.6 Å². The van der Waals surface area contributed by atoms with E-state index < -0.39 is 0 Å². The van der Waals surface area contributed by atoms with Crippen LogP contribution in [0.15, 0.2) is 18.5 Å². The molecule has 1 atom stereocenters. The number of aromatic nitrogens is 1. The molecule has 1 aromatic heterocycles. The van der Waals surface area contributed by atoms with Crippen LogP contribution in [0.5, 0.6) is 0 Å². The average Bonchev–Trinajstić information content (AvgIpc) is 2.15.